The summed E-state index contributed by atoms with van der Waals surface area (Å²) in [4.78, 5) is 16.4. The summed E-state index contributed by atoms with van der Waals surface area (Å²) < 4.78 is 0. The minimum Gasteiger partial charge on any atom is -0.385 e. The van der Waals surface area contributed by atoms with Crippen LogP contribution in [-0.2, 0) is 4.79 Å². The van der Waals surface area contributed by atoms with Crippen LogP contribution in [0.2, 0.25) is 0 Å². The molecule has 2 rings (SSSR count). The third-order valence-corrected chi connectivity index (χ3v) is 3.98. The fourth-order valence-electron chi connectivity index (χ4n) is 2.62. The number of hydrogen-bond acceptors (Lipinski definition) is 3. The van der Waals surface area contributed by atoms with Gasteiger partial charge >= 0.3 is 0 Å². The summed E-state index contributed by atoms with van der Waals surface area (Å²) >= 11 is 0. The summed E-state index contributed by atoms with van der Waals surface area (Å²) in [6, 6.07) is 16.3. The Kier molecular flexibility index (Phi) is 6.24. The van der Waals surface area contributed by atoms with Crippen molar-refractivity contribution in [2.45, 2.75) is 20.3 Å². The quantitative estimate of drug-likeness (QED) is 0.838. The van der Waals surface area contributed by atoms with Crippen molar-refractivity contribution in [1.82, 2.24) is 0 Å². The smallest absolute Gasteiger partial charge is 0.228 e. The largest absolute Gasteiger partial charge is 0.385 e. The maximum Gasteiger partial charge on any atom is 0.228 e. The van der Waals surface area contributed by atoms with Crippen LogP contribution in [0.5, 0.6) is 0 Å². The van der Waals surface area contributed by atoms with Crippen molar-refractivity contribution in [1.29, 1.82) is 0 Å². The predicted molar refractivity (Wildman–Crippen MR) is 103 cm³/mol. The molecule has 128 valence electrons. The Labute approximate surface area is 145 Å². The summed E-state index contributed by atoms with van der Waals surface area (Å²) in [6.07, 6.45) is 0.469. The monoisotopic (exact) mass is 325 g/mol. The first-order chi connectivity index (χ1) is 11.5. The van der Waals surface area contributed by atoms with E-state index in [9.17, 15) is 4.79 Å². The molecular formula is C20H27N3O. The lowest BCUT2D eigenvalue weighted by Gasteiger charge is -2.21. The predicted octanol–water partition coefficient (Wildman–Crippen LogP) is 3.92. The van der Waals surface area contributed by atoms with Crippen molar-refractivity contribution < 1.29 is 4.79 Å². The number of hydrogen-bond donors (Lipinski definition) is 1. The second kappa shape index (κ2) is 8.39. The van der Waals surface area contributed by atoms with Gasteiger partial charge in [-0.15, -0.1) is 0 Å². The highest BCUT2D eigenvalue weighted by molar-refractivity contribution is 5.93. The molecule has 1 amide bonds. The number of benzene rings is 2. The molecule has 0 radical (unpaired) electrons. The maximum absolute atomic E-state index is 12.5. The molecule has 0 aliphatic rings. The van der Waals surface area contributed by atoms with Gasteiger partial charge in [0.2, 0.25) is 5.91 Å². The Bertz CT molecular complexity index is 665. The summed E-state index contributed by atoms with van der Waals surface area (Å²) in [6.45, 7) is 5.36. The standard InChI is InChI=1S/C20H27N3O/c1-5-23(19-8-6-7-16(2)15-19)20(24)13-14-21-17-9-11-18(12-10-17)22(3)4/h6-12,15,21H,5,13-14H2,1-4H3. The Hall–Kier alpha value is -2.49. The van der Waals surface area contributed by atoms with Gasteiger partial charge in [0.05, 0.1) is 0 Å². The average Bonchev–Trinajstić information content (AvgIpc) is 2.56. The molecule has 1 N–H and O–H groups in total. The third-order valence-electron chi connectivity index (χ3n) is 3.98. The summed E-state index contributed by atoms with van der Waals surface area (Å²) in [7, 11) is 4.04. The van der Waals surface area contributed by atoms with E-state index in [1.165, 1.54) is 0 Å². The van der Waals surface area contributed by atoms with Crippen LogP contribution in [0.25, 0.3) is 0 Å². The van der Waals surface area contributed by atoms with E-state index in [2.05, 4.69) is 28.4 Å². The minimum absolute atomic E-state index is 0.139. The number of nitrogens with zero attached hydrogens (tertiary/aromatic N) is 2. The first-order valence-corrected chi connectivity index (χ1v) is 8.39. The molecule has 4 nitrogen and oxygen atoms in total. The van der Waals surface area contributed by atoms with Crippen molar-refractivity contribution in [3.63, 3.8) is 0 Å². The van der Waals surface area contributed by atoms with Gasteiger partial charge in [-0.3, -0.25) is 4.79 Å². The van der Waals surface area contributed by atoms with Gasteiger partial charge in [-0.05, 0) is 55.8 Å². The number of amides is 1. The molecule has 0 saturated carbocycles. The van der Waals surface area contributed by atoms with E-state index < -0.39 is 0 Å². The highest BCUT2D eigenvalue weighted by Gasteiger charge is 2.13. The molecule has 0 unspecified atom stereocenters. The van der Waals surface area contributed by atoms with Crippen molar-refractivity contribution in [3.8, 4) is 0 Å². The fraction of sp³-hybridized carbons (Fsp3) is 0.350. The normalized spacial score (nSPS) is 10.3. The van der Waals surface area contributed by atoms with E-state index in [0.29, 0.717) is 19.5 Å². The lowest BCUT2D eigenvalue weighted by Crippen LogP contribution is -2.31. The first kappa shape index (κ1) is 17.9. The number of carbonyl (C=O) groups excluding carboxylic acids is 1. The van der Waals surface area contributed by atoms with E-state index >= 15 is 0 Å². The zero-order valence-electron chi connectivity index (χ0n) is 15.0. The van der Waals surface area contributed by atoms with Crippen molar-refractivity contribution in [2.24, 2.45) is 0 Å². The number of nitrogens with one attached hydrogen (secondary N) is 1. The Balaban J connectivity index is 1.89. The van der Waals surface area contributed by atoms with Gasteiger partial charge in [0.25, 0.3) is 0 Å². The molecule has 0 saturated heterocycles. The van der Waals surface area contributed by atoms with Gasteiger partial charge in [-0.1, -0.05) is 12.1 Å². The number of rotatable bonds is 7. The van der Waals surface area contributed by atoms with E-state index in [1.54, 1.807) is 0 Å². The second-order valence-corrected chi connectivity index (χ2v) is 6.10. The zero-order chi connectivity index (χ0) is 17.5. The molecule has 2 aromatic rings. The van der Waals surface area contributed by atoms with Gasteiger partial charge in [-0.2, -0.15) is 0 Å². The maximum atomic E-state index is 12.5. The van der Waals surface area contributed by atoms with Crippen LogP contribution in [0.1, 0.15) is 18.9 Å². The van der Waals surface area contributed by atoms with Crippen LogP contribution in [0, 0.1) is 6.92 Å². The molecule has 0 aliphatic carbocycles. The molecule has 24 heavy (non-hydrogen) atoms. The topological polar surface area (TPSA) is 35.6 Å². The molecule has 0 aliphatic heterocycles. The van der Waals surface area contributed by atoms with Gasteiger partial charge in [0, 0.05) is 50.7 Å². The molecular weight excluding hydrogens is 298 g/mol. The van der Waals surface area contributed by atoms with Gasteiger partial charge in [0.1, 0.15) is 0 Å². The summed E-state index contributed by atoms with van der Waals surface area (Å²) in [5.41, 5.74) is 4.33. The highest BCUT2D eigenvalue weighted by atomic mass is 16.2. The van der Waals surface area contributed by atoms with Gasteiger partial charge < -0.3 is 15.1 Å². The minimum atomic E-state index is 0.139. The zero-order valence-corrected chi connectivity index (χ0v) is 15.0. The van der Waals surface area contributed by atoms with Crippen LogP contribution in [-0.4, -0.2) is 33.1 Å². The van der Waals surface area contributed by atoms with Crippen LogP contribution in [0.3, 0.4) is 0 Å². The molecule has 0 heterocycles. The van der Waals surface area contributed by atoms with Crippen molar-refractivity contribution in [2.75, 3.05) is 42.3 Å². The van der Waals surface area contributed by atoms with E-state index in [0.717, 1.165) is 22.6 Å². The van der Waals surface area contributed by atoms with Gasteiger partial charge in [-0.25, -0.2) is 0 Å². The summed E-state index contributed by atoms with van der Waals surface area (Å²) in [5, 5.41) is 3.32. The molecule has 0 fully saturated rings. The molecule has 4 heteroatoms. The second-order valence-electron chi connectivity index (χ2n) is 6.10. The molecule has 0 atom stereocenters. The first-order valence-electron chi connectivity index (χ1n) is 8.39. The van der Waals surface area contributed by atoms with Crippen LogP contribution in [0.15, 0.2) is 48.5 Å². The SMILES string of the molecule is CCN(C(=O)CCNc1ccc(N(C)C)cc1)c1cccc(C)c1. The lowest BCUT2D eigenvalue weighted by atomic mass is 10.2. The van der Waals surface area contributed by atoms with Crippen molar-refractivity contribution >= 4 is 23.0 Å². The van der Waals surface area contributed by atoms with E-state index in [1.807, 2.05) is 63.2 Å². The van der Waals surface area contributed by atoms with Crippen LogP contribution < -0.4 is 15.1 Å². The van der Waals surface area contributed by atoms with Gasteiger partial charge in [0.15, 0.2) is 0 Å². The Morgan fingerprint density at radius 3 is 2.33 bits per heavy atom. The third kappa shape index (κ3) is 4.75. The Morgan fingerprint density at radius 1 is 1.04 bits per heavy atom. The van der Waals surface area contributed by atoms with Crippen molar-refractivity contribution in [3.05, 3.63) is 54.1 Å². The number of anilines is 3. The van der Waals surface area contributed by atoms with Crippen LogP contribution >= 0.6 is 0 Å². The molecule has 0 spiro atoms. The van der Waals surface area contributed by atoms with E-state index in [-0.39, 0.29) is 5.91 Å². The lowest BCUT2D eigenvalue weighted by molar-refractivity contribution is -0.118. The number of carbonyl (C=O) groups is 1. The Morgan fingerprint density at radius 2 is 1.75 bits per heavy atom. The highest BCUT2D eigenvalue weighted by Crippen LogP contribution is 2.18. The van der Waals surface area contributed by atoms with Crippen LogP contribution in [0.4, 0.5) is 17.1 Å². The average molecular weight is 325 g/mol. The summed E-state index contributed by atoms with van der Waals surface area (Å²) in [5.74, 6) is 0.139. The fourth-order valence-corrected chi connectivity index (χ4v) is 2.62. The number of aryl methyl sites for hydroxylation is 1. The van der Waals surface area contributed by atoms with E-state index in [4.69, 9.17) is 0 Å². The molecule has 0 aromatic heterocycles. The molecule has 0 bridgehead atoms. The molecule has 2 aromatic carbocycles.